The Morgan fingerprint density at radius 1 is 1.05 bits per heavy atom. The summed E-state index contributed by atoms with van der Waals surface area (Å²) in [4.78, 5) is 7.24. The highest BCUT2D eigenvalue weighted by Gasteiger charge is 2.48. The predicted octanol–water partition coefficient (Wildman–Crippen LogP) is 3.93. The first kappa shape index (κ1) is 14.2. The van der Waals surface area contributed by atoms with Crippen molar-refractivity contribution >= 4 is 0 Å². The van der Waals surface area contributed by atoms with Crippen LogP contribution < -0.4 is 0 Å². The Kier molecular flexibility index (Phi) is 3.62. The van der Waals surface area contributed by atoms with Gasteiger partial charge in [0, 0.05) is 23.5 Å². The van der Waals surface area contributed by atoms with Gasteiger partial charge in [-0.15, -0.1) is 0 Å². The molecule has 1 unspecified atom stereocenters. The molecular weight excluding hydrogens is 295 g/mol. The largest absolute Gasteiger partial charge is 0.359 e. The van der Waals surface area contributed by atoms with E-state index in [0.717, 1.165) is 6.20 Å². The lowest BCUT2D eigenvalue weighted by Gasteiger charge is -2.16. The van der Waals surface area contributed by atoms with E-state index in [9.17, 15) is 13.2 Å². The van der Waals surface area contributed by atoms with Crippen LogP contribution in [0.3, 0.4) is 0 Å². The summed E-state index contributed by atoms with van der Waals surface area (Å²) in [7, 11) is 0. The van der Waals surface area contributed by atoms with Gasteiger partial charge >= 0.3 is 11.8 Å². The lowest BCUT2D eigenvalue weighted by atomic mass is 10.1. The van der Waals surface area contributed by atoms with Crippen LogP contribution in [0.2, 0.25) is 0 Å². The lowest BCUT2D eigenvalue weighted by Crippen LogP contribution is -2.21. The zero-order chi connectivity index (χ0) is 15.6. The number of pyridine rings is 1. The Morgan fingerprint density at radius 2 is 1.82 bits per heavy atom. The van der Waals surface area contributed by atoms with E-state index < -0.39 is 18.0 Å². The van der Waals surface area contributed by atoms with Crippen molar-refractivity contribution in [1.82, 2.24) is 15.1 Å². The van der Waals surface area contributed by atoms with Crippen LogP contribution in [0.15, 0.2) is 59.4 Å². The Balaban J connectivity index is 1.91. The van der Waals surface area contributed by atoms with E-state index in [0.29, 0.717) is 5.56 Å². The lowest BCUT2D eigenvalue weighted by molar-refractivity contribution is -0.104. The van der Waals surface area contributed by atoms with Crippen LogP contribution in [-0.4, -0.2) is 15.1 Å². The molecule has 0 amide bonds. The minimum absolute atomic E-state index is 0.0198. The Labute approximate surface area is 123 Å². The molecule has 1 atom stereocenters. The Bertz CT molecular complexity index is 747. The molecule has 0 aliphatic rings. The van der Waals surface area contributed by atoms with Crippen LogP contribution in [0.4, 0.5) is 13.2 Å². The number of hydrogen-bond acceptors (Lipinski definition) is 4. The summed E-state index contributed by atoms with van der Waals surface area (Å²) in [5.41, 5.74) is 0.247. The van der Waals surface area contributed by atoms with Gasteiger partial charge in [-0.25, -0.2) is 4.39 Å². The summed E-state index contributed by atoms with van der Waals surface area (Å²) >= 11 is 0. The molecule has 4 nitrogen and oxygen atoms in total. The highest BCUT2D eigenvalue weighted by molar-refractivity contribution is 5.53. The minimum atomic E-state index is -3.94. The molecule has 0 saturated carbocycles. The van der Waals surface area contributed by atoms with Crippen molar-refractivity contribution in [2.45, 2.75) is 12.1 Å². The molecule has 112 valence electrons. The van der Waals surface area contributed by atoms with Gasteiger partial charge in [-0.05, 0) is 6.07 Å². The van der Waals surface area contributed by atoms with Crippen LogP contribution >= 0.6 is 0 Å². The summed E-state index contributed by atoms with van der Waals surface area (Å²) in [5.74, 6) is -5.03. The van der Waals surface area contributed by atoms with Crippen molar-refractivity contribution in [2.24, 2.45) is 0 Å². The molecule has 0 saturated heterocycles. The topological polar surface area (TPSA) is 51.8 Å². The molecule has 0 aliphatic carbocycles. The molecule has 3 rings (SSSR count). The fourth-order valence-corrected chi connectivity index (χ4v) is 1.91. The molecule has 0 N–H and O–H groups in total. The van der Waals surface area contributed by atoms with Gasteiger partial charge in [-0.3, -0.25) is 4.98 Å². The van der Waals surface area contributed by atoms with Gasteiger partial charge < -0.3 is 4.52 Å². The number of hydrogen-bond donors (Lipinski definition) is 0. The highest BCUT2D eigenvalue weighted by Crippen LogP contribution is 2.42. The molecule has 0 aliphatic heterocycles. The van der Waals surface area contributed by atoms with E-state index >= 15 is 0 Å². The van der Waals surface area contributed by atoms with Crippen LogP contribution in [0.25, 0.3) is 11.4 Å². The first-order valence-electron chi connectivity index (χ1n) is 6.40. The molecular formula is C15H10F3N3O. The summed E-state index contributed by atoms with van der Waals surface area (Å²) in [5, 5.41) is 3.48. The molecule has 0 spiro atoms. The summed E-state index contributed by atoms with van der Waals surface area (Å²) < 4.78 is 47.0. The summed E-state index contributed by atoms with van der Waals surface area (Å²) in [6, 6.07) is 11.1. The second kappa shape index (κ2) is 5.59. The summed E-state index contributed by atoms with van der Waals surface area (Å²) in [6.07, 6.45) is -0.216. The van der Waals surface area contributed by atoms with Crippen molar-refractivity contribution in [3.05, 3.63) is 66.3 Å². The van der Waals surface area contributed by atoms with Crippen molar-refractivity contribution < 1.29 is 17.7 Å². The molecule has 2 heterocycles. The third-order valence-corrected chi connectivity index (χ3v) is 3.04. The fraction of sp³-hybridized carbons (Fsp3) is 0.133. The van der Waals surface area contributed by atoms with Crippen molar-refractivity contribution in [3.63, 3.8) is 0 Å². The first-order valence-corrected chi connectivity index (χ1v) is 6.40. The van der Waals surface area contributed by atoms with E-state index in [1.807, 2.05) is 0 Å². The van der Waals surface area contributed by atoms with Crippen LogP contribution in [0, 0.1) is 0 Å². The van der Waals surface area contributed by atoms with Crippen LogP contribution in [0.1, 0.15) is 17.6 Å². The standard InChI is InChI=1S/C15H10F3N3O/c16-12(11-7-4-8-19-9-11)15(17,18)14-20-13(21-22-14)10-5-2-1-3-6-10/h1-9,12H. The monoisotopic (exact) mass is 305 g/mol. The Hall–Kier alpha value is -2.70. The van der Waals surface area contributed by atoms with E-state index in [-0.39, 0.29) is 11.4 Å². The number of halogens is 3. The maximum absolute atomic E-state index is 14.2. The number of nitrogens with zero attached hydrogens (tertiary/aromatic N) is 3. The van der Waals surface area contributed by atoms with Crippen LogP contribution in [0.5, 0.6) is 0 Å². The Morgan fingerprint density at radius 3 is 2.50 bits per heavy atom. The summed E-state index contributed by atoms with van der Waals surface area (Å²) in [6.45, 7) is 0. The number of rotatable bonds is 4. The quantitative estimate of drug-likeness (QED) is 0.732. The third-order valence-electron chi connectivity index (χ3n) is 3.04. The molecule has 0 radical (unpaired) electrons. The highest BCUT2D eigenvalue weighted by atomic mass is 19.3. The van der Waals surface area contributed by atoms with Crippen molar-refractivity contribution in [3.8, 4) is 11.4 Å². The second-order valence-electron chi connectivity index (χ2n) is 4.56. The average molecular weight is 305 g/mol. The van der Waals surface area contributed by atoms with Gasteiger partial charge in [-0.1, -0.05) is 41.6 Å². The maximum Gasteiger partial charge on any atom is 0.359 e. The fourth-order valence-electron chi connectivity index (χ4n) is 1.91. The molecule has 3 aromatic rings. The van der Waals surface area contributed by atoms with Gasteiger partial charge in [0.15, 0.2) is 6.17 Å². The van der Waals surface area contributed by atoms with Gasteiger partial charge in [0.25, 0.3) is 0 Å². The minimum Gasteiger partial charge on any atom is -0.332 e. The molecule has 2 aromatic heterocycles. The number of aromatic nitrogens is 3. The van der Waals surface area contributed by atoms with E-state index in [1.165, 1.54) is 18.3 Å². The number of alkyl halides is 3. The maximum atomic E-state index is 14.2. The van der Waals surface area contributed by atoms with Crippen molar-refractivity contribution in [1.29, 1.82) is 0 Å². The first-order chi connectivity index (χ1) is 10.6. The molecule has 1 aromatic carbocycles. The van der Waals surface area contributed by atoms with E-state index in [1.54, 1.807) is 30.3 Å². The zero-order valence-corrected chi connectivity index (χ0v) is 11.2. The molecule has 0 bridgehead atoms. The van der Waals surface area contributed by atoms with E-state index in [2.05, 4.69) is 19.6 Å². The van der Waals surface area contributed by atoms with Gasteiger partial charge in [0.2, 0.25) is 5.82 Å². The third kappa shape index (κ3) is 2.57. The van der Waals surface area contributed by atoms with Gasteiger partial charge in [0.05, 0.1) is 0 Å². The van der Waals surface area contributed by atoms with Crippen LogP contribution in [-0.2, 0) is 5.92 Å². The smallest absolute Gasteiger partial charge is 0.332 e. The van der Waals surface area contributed by atoms with Gasteiger partial charge in [0.1, 0.15) is 0 Å². The zero-order valence-electron chi connectivity index (χ0n) is 11.2. The molecule has 0 fully saturated rings. The molecule has 7 heteroatoms. The second-order valence-corrected chi connectivity index (χ2v) is 4.56. The normalized spacial score (nSPS) is 13.0. The number of benzene rings is 1. The predicted molar refractivity (Wildman–Crippen MR) is 71.7 cm³/mol. The SMILES string of the molecule is FC(c1cccnc1)C(F)(F)c1nc(-c2ccccc2)no1. The van der Waals surface area contributed by atoms with Crippen molar-refractivity contribution in [2.75, 3.05) is 0 Å². The average Bonchev–Trinajstić information content (AvgIpc) is 3.06. The molecule has 22 heavy (non-hydrogen) atoms. The van der Waals surface area contributed by atoms with E-state index in [4.69, 9.17) is 0 Å². The van der Waals surface area contributed by atoms with Gasteiger partial charge in [-0.2, -0.15) is 13.8 Å².